The van der Waals surface area contributed by atoms with Gasteiger partial charge in [0.1, 0.15) is 0 Å². The molecule has 4 rings (SSSR count). The number of hydrogen-bond acceptors (Lipinski definition) is 7. The highest BCUT2D eigenvalue weighted by Gasteiger charge is 2.18. The molecule has 1 aromatic heterocycles. The number of nitrogens with zero attached hydrogens (tertiary/aromatic N) is 2. The predicted octanol–water partition coefficient (Wildman–Crippen LogP) is 3.33. The van der Waals surface area contributed by atoms with E-state index in [1.165, 1.54) is 35.6 Å². The Morgan fingerprint density at radius 1 is 1.20 bits per heavy atom. The zero-order valence-electron chi connectivity index (χ0n) is 16.5. The molecule has 0 bridgehead atoms. The molecule has 0 unspecified atom stereocenters. The third-order valence-electron chi connectivity index (χ3n) is 4.73. The molecule has 2 heterocycles. The Morgan fingerprint density at radius 2 is 1.90 bits per heavy atom. The number of carbonyl (C=O) groups excluding carboxylic acids is 1. The Balaban J connectivity index is 1.75. The molecule has 0 N–H and O–H groups in total. The van der Waals surface area contributed by atoms with Crippen LogP contribution in [-0.2, 0) is 16.4 Å². The van der Waals surface area contributed by atoms with Gasteiger partial charge >= 0.3 is 0 Å². The van der Waals surface area contributed by atoms with Crippen LogP contribution in [0.3, 0.4) is 0 Å². The first-order valence-corrected chi connectivity index (χ1v) is 13.1. The number of amides is 1. The third kappa shape index (κ3) is 3.99. The average Bonchev–Trinajstić information content (AvgIpc) is 3.33. The van der Waals surface area contributed by atoms with Crippen LogP contribution < -0.4 is 14.3 Å². The highest BCUT2D eigenvalue weighted by Crippen LogP contribution is 2.37. The molecular weight excluding hydrogens is 444 g/mol. The first-order chi connectivity index (χ1) is 14.4. The van der Waals surface area contributed by atoms with Crippen LogP contribution >= 0.6 is 23.1 Å². The van der Waals surface area contributed by atoms with E-state index in [-0.39, 0.29) is 17.4 Å². The molecule has 0 aliphatic carbocycles. The van der Waals surface area contributed by atoms with Crippen molar-refractivity contribution >= 4 is 49.1 Å². The van der Waals surface area contributed by atoms with Gasteiger partial charge in [0.05, 0.1) is 20.9 Å². The summed E-state index contributed by atoms with van der Waals surface area (Å²) in [5.41, 5.74) is 1.28. The lowest BCUT2D eigenvalue weighted by atomic mass is 10.2. The van der Waals surface area contributed by atoms with E-state index in [0.717, 1.165) is 16.0 Å². The number of sulfone groups is 1. The Morgan fingerprint density at radius 3 is 2.57 bits per heavy atom. The molecule has 1 aliphatic rings. The molecule has 0 spiro atoms. The number of rotatable bonds is 6. The first kappa shape index (κ1) is 21.0. The smallest absolute Gasteiger partial charge is 0.279 e. The second kappa shape index (κ2) is 8.44. The van der Waals surface area contributed by atoms with E-state index in [9.17, 15) is 13.2 Å². The van der Waals surface area contributed by atoms with Gasteiger partial charge in [-0.2, -0.15) is 16.8 Å². The lowest BCUT2D eigenvalue weighted by Gasteiger charge is -2.05. The normalized spacial score (nSPS) is 13.9. The summed E-state index contributed by atoms with van der Waals surface area (Å²) < 4.78 is 37.9. The maximum atomic E-state index is 12.8. The Labute approximate surface area is 182 Å². The van der Waals surface area contributed by atoms with Crippen molar-refractivity contribution in [2.75, 3.05) is 24.6 Å². The zero-order chi connectivity index (χ0) is 21.3. The van der Waals surface area contributed by atoms with Gasteiger partial charge in [-0.1, -0.05) is 18.3 Å². The summed E-state index contributed by atoms with van der Waals surface area (Å²) in [5.74, 6) is 1.83. The van der Waals surface area contributed by atoms with Crippen molar-refractivity contribution in [3.8, 4) is 11.5 Å². The predicted molar refractivity (Wildman–Crippen MR) is 118 cm³/mol. The summed E-state index contributed by atoms with van der Waals surface area (Å²) in [6.45, 7) is 2.49. The largest absolute Gasteiger partial charge is 0.454 e. The number of thiazole rings is 1. The van der Waals surface area contributed by atoms with E-state index in [2.05, 4.69) is 4.99 Å². The van der Waals surface area contributed by atoms with Crippen molar-refractivity contribution in [3.63, 3.8) is 0 Å². The molecule has 10 heteroatoms. The minimum absolute atomic E-state index is 0.0132. The highest BCUT2D eigenvalue weighted by atomic mass is 32.2. The van der Waals surface area contributed by atoms with E-state index in [1.807, 2.05) is 23.0 Å². The second-order valence-electron chi connectivity index (χ2n) is 6.55. The molecule has 7 nitrogen and oxygen atoms in total. The lowest BCUT2D eigenvalue weighted by molar-refractivity contribution is 0.0997. The molecular formula is C20H20N2O5S3. The van der Waals surface area contributed by atoms with Crippen molar-refractivity contribution in [1.29, 1.82) is 0 Å². The van der Waals surface area contributed by atoms with Gasteiger partial charge in [-0.25, -0.2) is 8.42 Å². The van der Waals surface area contributed by atoms with Gasteiger partial charge in [-0.3, -0.25) is 4.79 Å². The van der Waals surface area contributed by atoms with E-state index in [0.29, 0.717) is 28.4 Å². The van der Waals surface area contributed by atoms with Crippen LogP contribution in [0.1, 0.15) is 17.3 Å². The van der Waals surface area contributed by atoms with Crippen LogP contribution in [0, 0.1) is 0 Å². The summed E-state index contributed by atoms with van der Waals surface area (Å²) in [4.78, 5) is 17.9. The quantitative estimate of drug-likeness (QED) is 0.556. The summed E-state index contributed by atoms with van der Waals surface area (Å²) in [5, 5.41) is 0. The molecule has 0 saturated heterocycles. The minimum atomic E-state index is -3.31. The fraction of sp³-hybridized carbons (Fsp3) is 0.300. The molecule has 30 heavy (non-hydrogen) atoms. The van der Waals surface area contributed by atoms with Gasteiger partial charge < -0.3 is 14.0 Å². The van der Waals surface area contributed by atoms with Crippen LogP contribution in [0.15, 0.2) is 46.3 Å². The topological polar surface area (TPSA) is 87.0 Å². The van der Waals surface area contributed by atoms with Crippen LogP contribution in [-0.4, -0.2) is 43.4 Å². The van der Waals surface area contributed by atoms with Gasteiger partial charge in [0.25, 0.3) is 5.91 Å². The van der Waals surface area contributed by atoms with Gasteiger partial charge in [-0.15, -0.1) is 0 Å². The van der Waals surface area contributed by atoms with Crippen LogP contribution in [0.4, 0.5) is 0 Å². The summed E-state index contributed by atoms with van der Waals surface area (Å²) in [6.07, 6.45) is 2.03. The summed E-state index contributed by atoms with van der Waals surface area (Å²) in [7, 11) is -3.31. The maximum Gasteiger partial charge on any atom is 0.279 e. The number of aromatic nitrogens is 1. The van der Waals surface area contributed by atoms with E-state index >= 15 is 0 Å². The van der Waals surface area contributed by atoms with E-state index < -0.39 is 15.7 Å². The van der Waals surface area contributed by atoms with Crippen LogP contribution in [0.25, 0.3) is 10.2 Å². The van der Waals surface area contributed by atoms with Crippen molar-refractivity contribution < 1.29 is 22.7 Å². The van der Waals surface area contributed by atoms with E-state index in [1.54, 1.807) is 18.7 Å². The number of benzene rings is 2. The molecule has 1 aliphatic heterocycles. The summed E-state index contributed by atoms with van der Waals surface area (Å²) >= 11 is 3.12. The van der Waals surface area contributed by atoms with Gasteiger partial charge in [0.2, 0.25) is 6.79 Å². The molecule has 3 aromatic rings. The number of thioether (sulfide) groups is 1. The SMILES string of the molecule is CCS(=O)(=O)c1ccc(C(=O)N=c2sc3cc4c(cc3n2CCSC)OCO4)cc1. The van der Waals surface area contributed by atoms with Gasteiger partial charge in [0, 0.05) is 30.0 Å². The number of ether oxygens (including phenoxy) is 2. The average molecular weight is 465 g/mol. The Hall–Kier alpha value is -2.30. The van der Waals surface area contributed by atoms with Crippen molar-refractivity contribution in [2.45, 2.75) is 18.4 Å². The molecule has 0 atom stereocenters. The molecule has 0 radical (unpaired) electrons. The second-order valence-corrected chi connectivity index (χ2v) is 10.8. The highest BCUT2D eigenvalue weighted by molar-refractivity contribution is 7.98. The number of carbonyl (C=O) groups is 1. The summed E-state index contributed by atoms with van der Waals surface area (Å²) in [6, 6.07) is 9.74. The maximum absolute atomic E-state index is 12.8. The molecule has 1 amide bonds. The van der Waals surface area contributed by atoms with Crippen LogP contribution in [0.2, 0.25) is 0 Å². The first-order valence-electron chi connectivity index (χ1n) is 9.26. The monoisotopic (exact) mass is 464 g/mol. The molecule has 2 aromatic carbocycles. The van der Waals surface area contributed by atoms with Crippen LogP contribution in [0.5, 0.6) is 11.5 Å². The molecule has 0 fully saturated rings. The van der Waals surface area contributed by atoms with Crippen molar-refractivity contribution in [2.24, 2.45) is 4.99 Å². The van der Waals surface area contributed by atoms with Gasteiger partial charge in [0.15, 0.2) is 26.1 Å². The number of hydrogen-bond donors (Lipinski definition) is 0. The standard InChI is InChI=1S/C20H20N2O5S3/c1-3-30(24,25)14-6-4-13(5-7-14)19(23)21-20-22(8-9-28-2)15-10-16-17(27-12-26-16)11-18(15)29-20/h4-7,10-11H,3,8-9,12H2,1-2H3. The number of aryl methyl sites for hydroxylation is 1. The lowest BCUT2D eigenvalue weighted by Crippen LogP contribution is -2.18. The molecule has 0 saturated carbocycles. The zero-order valence-corrected chi connectivity index (χ0v) is 18.9. The number of fused-ring (bicyclic) bond motifs is 2. The van der Waals surface area contributed by atoms with Gasteiger partial charge in [-0.05, 0) is 30.5 Å². The Bertz CT molecular complexity index is 1270. The van der Waals surface area contributed by atoms with Crippen molar-refractivity contribution in [1.82, 2.24) is 4.57 Å². The fourth-order valence-corrected chi connectivity index (χ4v) is 5.38. The van der Waals surface area contributed by atoms with E-state index in [4.69, 9.17) is 9.47 Å². The molecule has 158 valence electrons. The van der Waals surface area contributed by atoms with Crippen molar-refractivity contribution in [3.05, 3.63) is 46.8 Å². The Kier molecular flexibility index (Phi) is 5.90. The minimum Gasteiger partial charge on any atom is -0.454 e. The fourth-order valence-electron chi connectivity index (χ4n) is 3.07. The third-order valence-corrected chi connectivity index (χ3v) is 8.12.